The first-order valence-electron chi connectivity index (χ1n) is 5.20. The van der Waals surface area contributed by atoms with Crippen LogP contribution in [0.5, 0.6) is 11.5 Å². The molecule has 1 rings (SSSR count). The summed E-state index contributed by atoms with van der Waals surface area (Å²) in [6, 6.07) is 5.47. The van der Waals surface area contributed by atoms with Crippen LogP contribution in [0.3, 0.4) is 0 Å². The highest BCUT2D eigenvalue weighted by Gasteiger charge is 2.10. The second-order valence-corrected chi connectivity index (χ2v) is 4.64. The average Bonchev–Trinajstić information content (AvgIpc) is 2.35. The van der Waals surface area contributed by atoms with E-state index in [0.717, 1.165) is 11.3 Å². The fourth-order valence-corrected chi connectivity index (χ4v) is 2.00. The second-order valence-electron chi connectivity index (χ2n) is 3.32. The first kappa shape index (κ1) is 13.2. The van der Waals surface area contributed by atoms with Gasteiger partial charge in [-0.2, -0.15) is 11.8 Å². The minimum Gasteiger partial charge on any atom is -0.497 e. The summed E-state index contributed by atoms with van der Waals surface area (Å²) in [5.41, 5.74) is 0.831. The van der Waals surface area contributed by atoms with Crippen molar-refractivity contribution >= 4 is 11.8 Å². The number of thioether (sulfide) groups is 1. The highest BCUT2D eigenvalue weighted by molar-refractivity contribution is 7.99. The summed E-state index contributed by atoms with van der Waals surface area (Å²) < 4.78 is 10.3. The Hall–Kier alpha value is -0.870. The van der Waals surface area contributed by atoms with Gasteiger partial charge in [0.2, 0.25) is 0 Å². The summed E-state index contributed by atoms with van der Waals surface area (Å²) in [4.78, 5) is 0. The van der Waals surface area contributed by atoms with E-state index in [1.807, 2.05) is 12.1 Å². The van der Waals surface area contributed by atoms with E-state index in [9.17, 15) is 5.11 Å². The Morgan fingerprint density at radius 2 is 1.75 bits per heavy atom. The lowest BCUT2D eigenvalue weighted by Crippen LogP contribution is -2.02. The Kier molecular flexibility index (Phi) is 5.49. The molecule has 1 unspecified atom stereocenters. The third-order valence-corrected chi connectivity index (χ3v) is 3.20. The van der Waals surface area contributed by atoms with Gasteiger partial charge in [0.1, 0.15) is 11.5 Å². The lowest BCUT2D eigenvalue weighted by Gasteiger charge is -2.13. The third-order valence-electron chi connectivity index (χ3n) is 2.24. The van der Waals surface area contributed by atoms with Gasteiger partial charge in [-0.3, -0.25) is 0 Å². The predicted molar refractivity (Wildman–Crippen MR) is 67.5 cm³/mol. The normalized spacial score (nSPS) is 12.2. The molecular formula is C12H18O3S. The molecule has 0 aliphatic carbocycles. The van der Waals surface area contributed by atoms with Crippen LogP contribution in [0.2, 0.25) is 0 Å². The Bertz CT molecular complexity index is 306. The Morgan fingerprint density at radius 3 is 2.19 bits per heavy atom. The van der Waals surface area contributed by atoms with Crippen LogP contribution in [0.25, 0.3) is 0 Å². The molecule has 1 N–H and O–H groups in total. The fourth-order valence-electron chi connectivity index (χ4n) is 1.35. The van der Waals surface area contributed by atoms with E-state index in [2.05, 4.69) is 6.92 Å². The first-order chi connectivity index (χ1) is 7.71. The van der Waals surface area contributed by atoms with Crippen molar-refractivity contribution in [3.8, 4) is 11.5 Å². The predicted octanol–water partition coefficient (Wildman–Crippen LogP) is 2.49. The molecular weight excluding hydrogens is 224 g/mol. The monoisotopic (exact) mass is 242 g/mol. The molecule has 1 aromatic carbocycles. The summed E-state index contributed by atoms with van der Waals surface area (Å²) >= 11 is 1.71. The minimum atomic E-state index is -0.478. The van der Waals surface area contributed by atoms with Crippen molar-refractivity contribution in [2.45, 2.75) is 13.0 Å². The van der Waals surface area contributed by atoms with Gasteiger partial charge in [-0.15, -0.1) is 0 Å². The molecule has 0 aromatic heterocycles. The van der Waals surface area contributed by atoms with Crippen molar-refractivity contribution in [3.05, 3.63) is 23.8 Å². The van der Waals surface area contributed by atoms with E-state index < -0.39 is 6.10 Å². The topological polar surface area (TPSA) is 38.7 Å². The van der Waals surface area contributed by atoms with Crippen molar-refractivity contribution in [2.24, 2.45) is 0 Å². The maximum Gasteiger partial charge on any atom is 0.122 e. The van der Waals surface area contributed by atoms with E-state index in [4.69, 9.17) is 9.47 Å². The number of hydrogen-bond acceptors (Lipinski definition) is 4. The van der Waals surface area contributed by atoms with Crippen molar-refractivity contribution in [2.75, 3.05) is 25.7 Å². The van der Waals surface area contributed by atoms with Gasteiger partial charge in [0, 0.05) is 11.8 Å². The molecule has 0 bridgehead atoms. The number of aliphatic hydroxyl groups excluding tert-OH is 1. The summed E-state index contributed by atoms with van der Waals surface area (Å²) in [6.07, 6.45) is -0.478. The van der Waals surface area contributed by atoms with Crippen LogP contribution in [0.4, 0.5) is 0 Å². The molecule has 0 spiro atoms. The third kappa shape index (κ3) is 3.61. The maximum atomic E-state index is 9.96. The van der Waals surface area contributed by atoms with E-state index in [-0.39, 0.29) is 0 Å². The lowest BCUT2D eigenvalue weighted by atomic mass is 10.1. The zero-order valence-corrected chi connectivity index (χ0v) is 10.7. The van der Waals surface area contributed by atoms with Crippen LogP contribution in [0.1, 0.15) is 18.6 Å². The van der Waals surface area contributed by atoms with E-state index >= 15 is 0 Å². The molecule has 1 atom stereocenters. The number of hydrogen-bond donors (Lipinski definition) is 1. The summed E-state index contributed by atoms with van der Waals surface area (Å²) in [6.45, 7) is 2.07. The maximum absolute atomic E-state index is 9.96. The SMILES string of the molecule is CCSCC(O)c1cc(OC)cc(OC)c1. The molecule has 0 aliphatic rings. The Balaban J connectivity index is 2.85. The highest BCUT2D eigenvalue weighted by atomic mass is 32.2. The summed E-state index contributed by atoms with van der Waals surface area (Å²) in [7, 11) is 3.21. The largest absolute Gasteiger partial charge is 0.497 e. The Labute approximate surface area is 101 Å². The smallest absolute Gasteiger partial charge is 0.122 e. The van der Waals surface area contributed by atoms with Crippen LogP contribution >= 0.6 is 11.8 Å². The van der Waals surface area contributed by atoms with Gasteiger partial charge in [0.15, 0.2) is 0 Å². The average molecular weight is 242 g/mol. The van der Waals surface area contributed by atoms with Gasteiger partial charge < -0.3 is 14.6 Å². The molecule has 0 amide bonds. The molecule has 90 valence electrons. The van der Waals surface area contributed by atoms with Gasteiger partial charge in [-0.25, -0.2) is 0 Å². The summed E-state index contributed by atoms with van der Waals surface area (Å²) in [5, 5.41) is 9.96. The fraction of sp³-hybridized carbons (Fsp3) is 0.500. The van der Waals surface area contributed by atoms with Gasteiger partial charge in [-0.05, 0) is 23.4 Å². The number of aliphatic hydroxyl groups is 1. The standard InChI is InChI=1S/C12H18O3S/c1-4-16-8-12(13)9-5-10(14-2)7-11(6-9)15-3/h5-7,12-13H,4,8H2,1-3H3. The van der Waals surface area contributed by atoms with Gasteiger partial charge in [0.25, 0.3) is 0 Å². The molecule has 0 saturated heterocycles. The molecule has 4 heteroatoms. The van der Waals surface area contributed by atoms with Crippen LogP contribution < -0.4 is 9.47 Å². The number of benzene rings is 1. The quantitative estimate of drug-likeness (QED) is 0.832. The van der Waals surface area contributed by atoms with E-state index in [0.29, 0.717) is 17.3 Å². The van der Waals surface area contributed by atoms with Gasteiger partial charge in [-0.1, -0.05) is 6.92 Å². The molecule has 3 nitrogen and oxygen atoms in total. The van der Waals surface area contributed by atoms with Crippen molar-refractivity contribution < 1.29 is 14.6 Å². The molecule has 0 radical (unpaired) electrons. The van der Waals surface area contributed by atoms with Crippen LogP contribution in [-0.2, 0) is 0 Å². The summed E-state index contributed by atoms with van der Waals surface area (Å²) in [5.74, 6) is 3.09. The van der Waals surface area contributed by atoms with E-state index in [1.165, 1.54) is 0 Å². The molecule has 0 heterocycles. The minimum absolute atomic E-state index is 0.478. The van der Waals surface area contributed by atoms with Crippen molar-refractivity contribution in [1.82, 2.24) is 0 Å². The number of methoxy groups -OCH3 is 2. The van der Waals surface area contributed by atoms with Gasteiger partial charge in [0.05, 0.1) is 20.3 Å². The lowest BCUT2D eigenvalue weighted by molar-refractivity contribution is 0.203. The zero-order chi connectivity index (χ0) is 12.0. The van der Waals surface area contributed by atoms with Gasteiger partial charge >= 0.3 is 0 Å². The molecule has 0 saturated carbocycles. The number of rotatable bonds is 6. The number of ether oxygens (including phenoxy) is 2. The first-order valence-corrected chi connectivity index (χ1v) is 6.35. The van der Waals surface area contributed by atoms with Crippen LogP contribution in [0, 0.1) is 0 Å². The van der Waals surface area contributed by atoms with Crippen LogP contribution in [0.15, 0.2) is 18.2 Å². The molecule has 16 heavy (non-hydrogen) atoms. The van der Waals surface area contributed by atoms with Crippen molar-refractivity contribution in [1.29, 1.82) is 0 Å². The van der Waals surface area contributed by atoms with Crippen LogP contribution in [-0.4, -0.2) is 30.8 Å². The molecule has 0 fully saturated rings. The molecule has 1 aromatic rings. The van der Waals surface area contributed by atoms with E-state index in [1.54, 1.807) is 32.0 Å². The van der Waals surface area contributed by atoms with Crippen molar-refractivity contribution in [3.63, 3.8) is 0 Å². The molecule has 0 aliphatic heterocycles. The second kappa shape index (κ2) is 6.66. The zero-order valence-electron chi connectivity index (χ0n) is 9.90. The highest BCUT2D eigenvalue weighted by Crippen LogP contribution is 2.27. The Morgan fingerprint density at radius 1 is 1.19 bits per heavy atom.